The molecule has 0 aliphatic heterocycles. The van der Waals surface area contributed by atoms with E-state index in [1.165, 1.54) is 37.7 Å². The van der Waals surface area contributed by atoms with E-state index < -0.39 is 0 Å². The molecular formula is C16H21Cl2N. The predicted molar refractivity (Wildman–Crippen MR) is 84.0 cm³/mol. The summed E-state index contributed by atoms with van der Waals surface area (Å²) in [7, 11) is 1.99. The quantitative estimate of drug-likeness (QED) is 0.723. The smallest absolute Gasteiger partial charge is 0.0643 e. The van der Waals surface area contributed by atoms with Gasteiger partial charge in [-0.15, -0.1) is 0 Å². The molecule has 104 valence electrons. The summed E-state index contributed by atoms with van der Waals surface area (Å²) in [5.41, 5.74) is 2.54. The summed E-state index contributed by atoms with van der Waals surface area (Å²) in [4.78, 5) is 0. The molecule has 0 saturated carbocycles. The topological polar surface area (TPSA) is 12.0 Å². The number of rotatable bonds is 3. The number of benzene rings is 1. The Balaban J connectivity index is 2.30. The number of halogens is 2. The summed E-state index contributed by atoms with van der Waals surface area (Å²) in [6.45, 7) is 0. The van der Waals surface area contributed by atoms with Crippen molar-refractivity contribution < 1.29 is 0 Å². The van der Waals surface area contributed by atoms with Crippen LogP contribution in [-0.4, -0.2) is 7.05 Å². The fraction of sp³-hybridized carbons (Fsp3) is 0.500. The minimum absolute atomic E-state index is 0.185. The first-order chi connectivity index (χ1) is 9.24. The second-order valence-corrected chi connectivity index (χ2v) is 5.88. The number of hydrogen-bond acceptors (Lipinski definition) is 1. The molecule has 0 aromatic heterocycles. The molecule has 0 bridgehead atoms. The minimum atomic E-state index is 0.185. The molecule has 0 spiro atoms. The van der Waals surface area contributed by atoms with E-state index in [-0.39, 0.29) is 6.04 Å². The van der Waals surface area contributed by atoms with Gasteiger partial charge in [-0.25, -0.2) is 0 Å². The molecule has 0 amide bonds. The van der Waals surface area contributed by atoms with Gasteiger partial charge in [-0.2, -0.15) is 0 Å². The van der Waals surface area contributed by atoms with E-state index in [2.05, 4.69) is 17.5 Å². The van der Waals surface area contributed by atoms with Crippen molar-refractivity contribution in [2.24, 2.45) is 0 Å². The Morgan fingerprint density at radius 2 is 1.89 bits per heavy atom. The van der Waals surface area contributed by atoms with Crippen LogP contribution in [-0.2, 0) is 0 Å². The molecule has 2 rings (SSSR count). The highest BCUT2D eigenvalue weighted by molar-refractivity contribution is 6.42. The zero-order valence-corrected chi connectivity index (χ0v) is 12.9. The summed E-state index contributed by atoms with van der Waals surface area (Å²) < 4.78 is 0. The van der Waals surface area contributed by atoms with Crippen molar-refractivity contribution >= 4 is 23.2 Å². The number of allylic oxidation sites excluding steroid dienone is 1. The minimum Gasteiger partial charge on any atom is -0.310 e. The molecule has 1 nitrogen and oxygen atoms in total. The molecule has 1 unspecified atom stereocenters. The van der Waals surface area contributed by atoms with E-state index in [0.29, 0.717) is 10.0 Å². The van der Waals surface area contributed by atoms with Crippen molar-refractivity contribution in [1.29, 1.82) is 0 Å². The Morgan fingerprint density at radius 3 is 2.68 bits per heavy atom. The van der Waals surface area contributed by atoms with Crippen LogP contribution in [0.5, 0.6) is 0 Å². The van der Waals surface area contributed by atoms with Crippen LogP contribution in [0.1, 0.15) is 50.1 Å². The zero-order valence-electron chi connectivity index (χ0n) is 11.4. The third-order valence-corrected chi connectivity index (χ3v) is 4.61. The summed E-state index contributed by atoms with van der Waals surface area (Å²) in [6, 6.07) is 6.06. The third-order valence-electron chi connectivity index (χ3n) is 3.78. The van der Waals surface area contributed by atoms with Gasteiger partial charge >= 0.3 is 0 Å². The van der Waals surface area contributed by atoms with Crippen LogP contribution in [0.15, 0.2) is 29.8 Å². The monoisotopic (exact) mass is 297 g/mol. The van der Waals surface area contributed by atoms with E-state index in [0.717, 1.165) is 12.0 Å². The fourth-order valence-electron chi connectivity index (χ4n) is 2.76. The lowest BCUT2D eigenvalue weighted by atomic mass is 9.91. The van der Waals surface area contributed by atoms with Crippen molar-refractivity contribution in [1.82, 2.24) is 5.32 Å². The largest absolute Gasteiger partial charge is 0.310 e. The second kappa shape index (κ2) is 7.33. The maximum Gasteiger partial charge on any atom is 0.0643 e. The molecule has 0 saturated heterocycles. The number of likely N-dealkylation sites (N-methyl/N-ethyl adjacent to an activating group) is 1. The van der Waals surface area contributed by atoms with Crippen molar-refractivity contribution in [3.63, 3.8) is 0 Å². The maximum atomic E-state index is 6.36. The second-order valence-electron chi connectivity index (χ2n) is 5.10. The van der Waals surface area contributed by atoms with Gasteiger partial charge in [0.05, 0.1) is 16.1 Å². The first-order valence-electron chi connectivity index (χ1n) is 7.04. The normalized spacial score (nSPS) is 21.1. The molecule has 1 aromatic carbocycles. The first kappa shape index (κ1) is 14.9. The number of hydrogen-bond donors (Lipinski definition) is 1. The lowest BCUT2D eigenvalue weighted by molar-refractivity contribution is 0.574. The highest BCUT2D eigenvalue weighted by Gasteiger charge is 2.19. The van der Waals surface area contributed by atoms with Gasteiger partial charge in [-0.3, -0.25) is 0 Å². The molecular weight excluding hydrogens is 277 g/mol. The summed E-state index contributed by atoms with van der Waals surface area (Å²) >= 11 is 12.5. The highest BCUT2D eigenvalue weighted by Crippen LogP contribution is 2.35. The Bertz CT molecular complexity index is 454. The van der Waals surface area contributed by atoms with E-state index in [9.17, 15) is 0 Å². The van der Waals surface area contributed by atoms with E-state index in [4.69, 9.17) is 23.2 Å². The Hall–Kier alpha value is -0.500. The predicted octanol–water partition coefficient (Wildman–Crippen LogP) is 5.53. The first-order valence-corrected chi connectivity index (χ1v) is 7.79. The molecule has 19 heavy (non-hydrogen) atoms. The van der Waals surface area contributed by atoms with Gasteiger partial charge in [-0.1, -0.05) is 59.8 Å². The lowest BCUT2D eigenvalue weighted by Gasteiger charge is -2.23. The van der Waals surface area contributed by atoms with Crippen molar-refractivity contribution in [2.75, 3.05) is 7.05 Å². The molecule has 1 aromatic rings. The Labute approximate surface area is 126 Å². The van der Waals surface area contributed by atoms with E-state index in [1.54, 1.807) is 0 Å². The molecule has 1 N–H and O–H groups in total. The van der Waals surface area contributed by atoms with Gasteiger partial charge < -0.3 is 5.32 Å². The van der Waals surface area contributed by atoms with Crippen LogP contribution in [0.25, 0.3) is 0 Å². The van der Waals surface area contributed by atoms with Crippen LogP contribution in [0.2, 0.25) is 10.0 Å². The van der Waals surface area contributed by atoms with Crippen molar-refractivity contribution in [3.05, 3.63) is 45.5 Å². The van der Waals surface area contributed by atoms with Gasteiger partial charge in [0.15, 0.2) is 0 Å². The fourth-order valence-corrected chi connectivity index (χ4v) is 3.18. The van der Waals surface area contributed by atoms with Crippen molar-refractivity contribution in [2.45, 2.75) is 44.6 Å². The Kier molecular flexibility index (Phi) is 5.75. The molecule has 0 radical (unpaired) electrons. The zero-order chi connectivity index (χ0) is 13.7. The standard InChI is InChI=1S/C16H21Cl2N/c1-19-16(12-8-5-3-2-4-6-9-12)13-10-7-11-14(17)15(13)18/h7-8,10-11,16,19H,2-6,9H2,1H3/b12-8+. The molecule has 1 atom stereocenters. The molecule has 0 fully saturated rings. The highest BCUT2D eigenvalue weighted by atomic mass is 35.5. The van der Waals surface area contributed by atoms with E-state index >= 15 is 0 Å². The summed E-state index contributed by atoms with van der Waals surface area (Å²) in [5, 5.41) is 4.70. The van der Waals surface area contributed by atoms with Crippen LogP contribution in [0.4, 0.5) is 0 Å². The van der Waals surface area contributed by atoms with Crippen LogP contribution in [0.3, 0.4) is 0 Å². The maximum absolute atomic E-state index is 6.36. The third kappa shape index (κ3) is 3.75. The lowest BCUT2D eigenvalue weighted by Crippen LogP contribution is -2.19. The van der Waals surface area contributed by atoms with Crippen LogP contribution >= 0.6 is 23.2 Å². The van der Waals surface area contributed by atoms with Crippen LogP contribution in [0, 0.1) is 0 Å². The molecule has 1 aliphatic carbocycles. The average Bonchev–Trinajstić information content (AvgIpc) is 2.37. The van der Waals surface area contributed by atoms with Gasteiger partial charge in [0.2, 0.25) is 0 Å². The average molecular weight is 298 g/mol. The Morgan fingerprint density at radius 1 is 1.11 bits per heavy atom. The SMILES string of the molecule is CNC(/C1=C/CCCCCC1)c1cccc(Cl)c1Cl. The van der Waals surface area contributed by atoms with Crippen LogP contribution < -0.4 is 5.32 Å². The van der Waals surface area contributed by atoms with Gasteiger partial charge in [-0.05, 0) is 44.4 Å². The molecule has 0 heterocycles. The summed E-state index contributed by atoms with van der Waals surface area (Å²) in [6.07, 6.45) is 9.95. The van der Waals surface area contributed by atoms with Gasteiger partial charge in [0, 0.05) is 0 Å². The molecule has 3 heteroatoms. The number of nitrogens with one attached hydrogen (secondary N) is 1. The van der Waals surface area contributed by atoms with Gasteiger partial charge in [0.1, 0.15) is 0 Å². The van der Waals surface area contributed by atoms with E-state index in [1.807, 2.05) is 19.2 Å². The molecule has 1 aliphatic rings. The summed E-state index contributed by atoms with van der Waals surface area (Å²) in [5.74, 6) is 0. The van der Waals surface area contributed by atoms with Crippen molar-refractivity contribution in [3.8, 4) is 0 Å². The van der Waals surface area contributed by atoms with Gasteiger partial charge in [0.25, 0.3) is 0 Å².